The van der Waals surface area contributed by atoms with E-state index in [4.69, 9.17) is 9.97 Å². The average Bonchev–Trinajstić information content (AvgIpc) is 3.30. The van der Waals surface area contributed by atoms with Crippen LogP contribution in [0.15, 0.2) is 0 Å². The Balaban J connectivity index is 1.59. The lowest BCUT2D eigenvalue weighted by atomic mass is 9.96. The molecule has 0 aromatic carbocycles. The molecule has 2 aliphatic heterocycles. The van der Waals surface area contributed by atoms with Gasteiger partial charge in [0.15, 0.2) is 0 Å². The van der Waals surface area contributed by atoms with Crippen molar-refractivity contribution in [1.29, 1.82) is 0 Å². The van der Waals surface area contributed by atoms with Crippen LogP contribution in [0.3, 0.4) is 0 Å². The summed E-state index contributed by atoms with van der Waals surface area (Å²) < 4.78 is 0. The number of rotatable bonds is 5. The van der Waals surface area contributed by atoms with Crippen molar-refractivity contribution in [3.63, 3.8) is 0 Å². The SMILES string of the molecule is CN(C)c1nc2c(c(N3C[C@@H](CN4CCCC4)[C@@H](CO)C3)n1)CCCC2. The Bertz CT molecular complexity index is 629. The van der Waals surface area contributed by atoms with Crippen LogP contribution in [0.25, 0.3) is 0 Å². The van der Waals surface area contributed by atoms with Crippen molar-refractivity contribution >= 4 is 11.8 Å². The van der Waals surface area contributed by atoms with Gasteiger partial charge in [-0.3, -0.25) is 0 Å². The van der Waals surface area contributed by atoms with Gasteiger partial charge in [-0.2, -0.15) is 4.98 Å². The van der Waals surface area contributed by atoms with E-state index in [0.29, 0.717) is 11.8 Å². The Morgan fingerprint density at radius 2 is 1.73 bits per heavy atom. The van der Waals surface area contributed by atoms with Crippen LogP contribution in [0.1, 0.15) is 36.9 Å². The van der Waals surface area contributed by atoms with Crippen LogP contribution in [0.2, 0.25) is 0 Å². The Morgan fingerprint density at radius 3 is 2.46 bits per heavy atom. The maximum atomic E-state index is 9.97. The number of nitrogens with zero attached hydrogens (tertiary/aromatic N) is 5. The summed E-state index contributed by atoms with van der Waals surface area (Å²) in [4.78, 5) is 16.8. The van der Waals surface area contributed by atoms with Crippen LogP contribution in [0, 0.1) is 11.8 Å². The van der Waals surface area contributed by atoms with Crippen LogP contribution in [-0.2, 0) is 12.8 Å². The van der Waals surface area contributed by atoms with E-state index in [2.05, 4.69) is 9.80 Å². The van der Waals surface area contributed by atoms with E-state index in [9.17, 15) is 5.11 Å². The molecule has 6 heteroatoms. The molecule has 1 aliphatic carbocycles. The Morgan fingerprint density at radius 1 is 1.00 bits per heavy atom. The molecule has 0 unspecified atom stereocenters. The number of fused-ring (bicyclic) bond motifs is 1. The van der Waals surface area contributed by atoms with Crippen molar-refractivity contribution in [2.45, 2.75) is 38.5 Å². The van der Waals surface area contributed by atoms with Crippen molar-refractivity contribution in [3.05, 3.63) is 11.3 Å². The number of aliphatic hydroxyl groups excluding tert-OH is 1. The molecule has 3 aliphatic rings. The van der Waals surface area contributed by atoms with E-state index in [1.54, 1.807) is 0 Å². The fourth-order valence-corrected chi connectivity index (χ4v) is 4.85. The molecule has 0 saturated carbocycles. The van der Waals surface area contributed by atoms with E-state index in [0.717, 1.165) is 44.2 Å². The van der Waals surface area contributed by atoms with E-state index < -0.39 is 0 Å². The zero-order valence-corrected chi connectivity index (χ0v) is 16.3. The van der Waals surface area contributed by atoms with Gasteiger partial charge in [-0.1, -0.05) is 0 Å². The van der Waals surface area contributed by atoms with Crippen molar-refractivity contribution in [3.8, 4) is 0 Å². The maximum Gasteiger partial charge on any atom is 0.227 e. The lowest BCUT2D eigenvalue weighted by molar-refractivity contribution is 0.176. The van der Waals surface area contributed by atoms with Crippen molar-refractivity contribution in [1.82, 2.24) is 14.9 Å². The number of aliphatic hydroxyl groups is 1. The fraction of sp³-hybridized carbons (Fsp3) is 0.800. The zero-order valence-electron chi connectivity index (χ0n) is 16.3. The number of aromatic nitrogens is 2. The zero-order chi connectivity index (χ0) is 18.1. The minimum atomic E-state index is 0.281. The van der Waals surface area contributed by atoms with E-state index >= 15 is 0 Å². The molecule has 0 spiro atoms. The van der Waals surface area contributed by atoms with Gasteiger partial charge >= 0.3 is 0 Å². The van der Waals surface area contributed by atoms with Crippen molar-refractivity contribution in [2.75, 3.05) is 63.2 Å². The normalized spacial score (nSPS) is 26.3. The van der Waals surface area contributed by atoms with Crippen LogP contribution < -0.4 is 9.80 Å². The summed E-state index contributed by atoms with van der Waals surface area (Å²) in [6, 6.07) is 0. The van der Waals surface area contributed by atoms with E-state index in [1.165, 1.54) is 50.0 Å². The molecular formula is C20H33N5O. The molecule has 1 N–H and O–H groups in total. The summed E-state index contributed by atoms with van der Waals surface area (Å²) in [5.41, 5.74) is 2.61. The molecule has 1 aromatic heterocycles. The van der Waals surface area contributed by atoms with Gasteiger partial charge in [0.2, 0.25) is 5.95 Å². The number of aryl methyl sites for hydroxylation is 1. The lowest BCUT2D eigenvalue weighted by Crippen LogP contribution is -2.32. The topological polar surface area (TPSA) is 55.7 Å². The minimum Gasteiger partial charge on any atom is -0.396 e. The summed E-state index contributed by atoms with van der Waals surface area (Å²) in [5.74, 6) is 2.85. The quantitative estimate of drug-likeness (QED) is 0.861. The highest BCUT2D eigenvalue weighted by atomic mass is 16.3. The fourth-order valence-electron chi connectivity index (χ4n) is 4.85. The Kier molecular flexibility index (Phi) is 5.32. The summed E-state index contributed by atoms with van der Waals surface area (Å²) in [6.45, 7) is 5.78. The highest BCUT2D eigenvalue weighted by Crippen LogP contribution is 2.35. The van der Waals surface area contributed by atoms with Crippen LogP contribution in [0.5, 0.6) is 0 Å². The smallest absolute Gasteiger partial charge is 0.227 e. The van der Waals surface area contributed by atoms with Crippen molar-refractivity contribution in [2.24, 2.45) is 11.8 Å². The first kappa shape index (κ1) is 18.0. The second-order valence-electron chi connectivity index (χ2n) is 8.49. The number of anilines is 2. The van der Waals surface area contributed by atoms with Gasteiger partial charge in [-0.15, -0.1) is 0 Å². The summed E-state index contributed by atoms with van der Waals surface area (Å²) in [5, 5.41) is 9.97. The molecule has 0 amide bonds. The van der Waals surface area contributed by atoms with Gasteiger partial charge in [0.25, 0.3) is 0 Å². The summed E-state index contributed by atoms with van der Waals surface area (Å²) in [6.07, 6.45) is 7.28. The third-order valence-corrected chi connectivity index (χ3v) is 6.35. The molecule has 4 rings (SSSR count). The number of hydrogen-bond donors (Lipinski definition) is 1. The summed E-state index contributed by atoms with van der Waals surface area (Å²) in [7, 11) is 4.04. The molecule has 6 nitrogen and oxygen atoms in total. The van der Waals surface area contributed by atoms with Gasteiger partial charge < -0.3 is 19.8 Å². The minimum absolute atomic E-state index is 0.281. The second-order valence-corrected chi connectivity index (χ2v) is 8.49. The Hall–Kier alpha value is -1.40. The number of hydrogen-bond acceptors (Lipinski definition) is 6. The predicted molar refractivity (Wildman–Crippen MR) is 105 cm³/mol. The molecule has 0 bridgehead atoms. The molecule has 2 atom stereocenters. The Labute approximate surface area is 157 Å². The summed E-state index contributed by atoms with van der Waals surface area (Å²) >= 11 is 0. The first-order valence-corrected chi connectivity index (χ1v) is 10.3. The van der Waals surface area contributed by atoms with Crippen LogP contribution >= 0.6 is 0 Å². The predicted octanol–water partition coefficient (Wildman–Crippen LogP) is 1.56. The highest BCUT2D eigenvalue weighted by molar-refractivity contribution is 5.55. The third-order valence-electron chi connectivity index (χ3n) is 6.35. The standard InChI is InChI=1S/C20H33N5O/c1-23(2)20-21-18-8-4-3-7-17(18)19(22-20)25-12-15(16(13-25)14-26)11-24-9-5-6-10-24/h15-16,26H,3-14H2,1-2H3/t15-,16-/m1/s1. The van der Waals surface area contributed by atoms with Gasteiger partial charge in [0.1, 0.15) is 5.82 Å². The average molecular weight is 360 g/mol. The number of likely N-dealkylation sites (tertiary alicyclic amines) is 1. The highest BCUT2D eigenvalue weighted by Gasteiger charge is 2.36. The van der Waals surface area contributed by atoms with E-state index in [1.807, 2.05) is 19.0 Å². The molecular weight excluding hydrogens is 326 g/mol. The molecule has 1 aromatic rings. The van der Waals surface area contributed by atoms with Crippen molar-refractivity contribution < 1.29 is 5.11 Å². The lowest BCUT2D eigenvalue weighted by Gasteiger charge is -2.27. The molecule has 144 valence electrons. The van der Waals surface area contributed by atoms with Crippen LogP contribution in [-0.4, -0.2) is 73.4 Å². The first-order valence-electron chi connectivity index (χ1n) is 10.3. The molecule has 2 fully saturated rings. The van der Waals surface area contributed by atoms with Crippen LogP contribution in [0.4, 0.5) is 11.8 Å². The molecule has 2 saturated heterocycles. The largest absolute Gasteiger partial charge is 0.396 e. The molecule has 0 radical (unpaired) electrons. The second kappa shape index (κ2) is 7.69. The van der Waals surface area contributed by atoms with Gasteiger partial charge in [0.05, 0.1) is 5.69 Å². The molecule has 3 heterocycles. The van der Waals surface area contributed by atoms with Gasteiger partial charge in [0, 0.05) is 51.8 Å². The van der Waals surface area contributed by atoms with Gasteiger partial charge in [-0.25, -0.2) is 4.98 Å². The monoisotopic (exact) mass is 359 g/mol. The maximum absolute atomic E-state index is 9.97. The first-order chi connectivity index (χ1) is 12.7. The molecule has 26 heavy (non-hydrogen) atoms. The van der Waals surface area contributed by atoms with Gasteiger partial charge in [-0.05, 0) is 57.5 Å². The van der Waals surface area contributed by atoms with E-state index in [-0.39, 0.29) is 6.61 Å². The third kappa shape index (κ3) is 3.54.